The van der Waals surface area contributed by atoms with Crippen molar-refractivity contribution in [3.63, 3.8) is 0 Å². The third-order valence-corrected chi connectivity index (χ3v) is 2.66. The van der Waals surface area contributed by atoms with Crippen molar-refractivity contribution in [3.8, 4) is 5.75 Å². The Labute approximate surface area is 93.4 Å². The summed E-state index contributed by atoms with van der Waals surface area (Å²) >= 11 is 11.5. The highest BCUT2D eigenvalue weighted by Crippen LogP contribution is 2.28. The summed E-state index contributed by atoms with van der Waals surface area (Å²) in [6, 6.07) is 0. The first kappa shape index (κ1) is 11.5. The third kappa shape index (κ3) is 3.00. The van der Waals surface area contributed by atoms with Gasteiger partial charge in [-0.3, -0.25) is 0 Å². The summed E-state index contributed by atoms with van der Waals surface area (Å²) in [6.45, 7) is 4.82. The SMILES string of the molecule is CC[C@H](C)COc1cnnc(Cl)c1Cl. The number of nitrogens with zero attached hydrogens (tertiary/aromatic N) is 2. The van der Waals surface area contributed by atoms with Crippen LogP contribution in [0.25, 0.3) is 0 Å². The van der Waals surface area contributed by atoms with Crippen LogP contribution >= 0.6 is 23.2 Å². The van der Waals surface area contributed by atoms with Gasteiger partial charge >= 0.3 is 0 Å². The number of hydrogen-bond acceptors (Lipinski definition) is 3. The Kier molecular flexibility index (Phi) is 4.42. The van der Waals surface area contributed by atoms with Crippen LogP contribution in [0.15, 0.2) is 6.20 Å². The van der Waals surface area contributed by atoms with Crippen LogP contribution in [0, 0.1) is 5.92 Å². The minimum absolute atomic E-state index is 0.174. The third-order valence-electron chi connectivity index (χ3n) is 1.94. The zero-order valence-electron chi connectivity index (χ0n) is 8.13. The molecule has 1 heterocycles. The molecule has 1 aromatic rings. The molecule has 0 saturated heterocycles. The maximum absolute atomic E-state index is 5.86. The Bertz CT molecular complexity index is 307. The molecule has 0 aliphatic heterocycles. The molecule has 14 heavy (non-hydrogen) atoms. The van der Waals surface area contributed by atoms with Gasteiger partial charge in [0.2, 0.25) is 0 Å². The zero-order valence-corrected chi connectivity index (χ0v) is 9.64. The highest BCUT2D eigenvalue weighted by Gasteiger charge is 2.08. The Morgan fingerprint density at radius 2 is 2.21 bits per heavy atom. The quantitative estimate of drug-likeness (QED) is 0.803. The molecule has 0 unspecified atom stereocenters. The van der Waals surface area contributed by atoms with Gasteiger partial charge in [0.15, 0.2) is 10.9 Å². The van der Waals surface area contributed by atoms with Crippen molar-refractivity contribution in [2.45, 2.75) is 20.3 Å². The van der Waals surface area contributed by atoms with Crippen LogP contribution in [0.2, 0.25) is 10.2 Å². The van der Waals surface area contributed by atoms with Gasteiger partial charge in [0.25, 0.3) is 0 Å². The number of ether oxygens (including phenoxy) is 1. The van der Waals surface area contributed by atoms with Crippen molar-refractivity contribution in [2.75, 3.05) is 6.61 Å². The highest BCUT2D eigenvalue weighted by atomic mass is 35.5. The summed E-state index contributed by atoms with van der Waals surface area (Å²) < 4.78 is 5.45. The molecule has 0 fully saturated rings. The van der Waals surface area contributed by atoms with Crippen molar-refractivity contribution >= 4 is 23.2 Å². The van der Waals surface area contributed by atoms with Crippen LogP contribution in [0.5, 0.6) is 5.75 Å². The van der Waals surface area contributed by atoms with Crippen molar-refractivity contribution < 1.29 is 4.74 Å². The van der Waals surface area contributed by atoms with Crippen molar-refractivity contribution in [1.82, 2.24) is 10.2 Å². The van der Waals surface area contributed by atoms with Crippen molar-refractivity contribution in [2.24, 2.45) is 5.92 Å². The molecule has 1 atom stereocenters. The van der Waals surface area contributed by atoms with Crippen molar-refractivity contribution in [1.29, 1.82) is 0 Å². The molecule has 1 aromatic heterocycles. The van der Waals surface area contributed by atoms with E-state index in [2.05, 4.69) is 24.0 Å². The average Bonchev–Trinajstić information content (AvgIpc) is 2.20. The fourth-order valence-corrected chi connectivity index (χ4v) is 1.06. The summed E-state index contributed by atoms with van der Waals surface area (Å²) in [7, 11) is 0. The number of aromatic nitrogens is 2. The Balaban J connectivity index is 2.63. The first-order valence-electron chi connectivity index (χ1n) is 4.44. The summed E-state index contributed by atoms with van der Waals surface area (Å²) in [6.07, 6.45) is 2.53. The van der Waals surface area contributed by atoms with Gasteiger partial charge in [-0.15, -0.1) is 5.10 Å². The Morgan fingerprint density at radius 3 is 2.86 bits per heavy atom. The molecule has 0 saturated carbocycles. The summed E-state index contributed by atoms with van der Waals surface area (Å²) in [5, 5.41) is 7.75. The largest absolute Gasteiger partial charge is 0.490 e. The average molecular weight is 235 g/mol. The number of hydrogen-bond donors (Lipinski definition) is 0. The molecule has 5 heteroatoms. The topological polar surface area (TPSA) is 35.0 Å². The second-order valence-corrected chi connectivity index (χ2v) is 3.87. The fourth-order valence-electron chi connectivity index (χ4n) is 0.785. The van der Waals surface area contributed by atoms with Gasteiger partial charge < -0.3 is 4.74 Å². The smallest absolute Gasteiger partial charge is 0.174 e. The highest BCUT2D eigenvalue weighted by molar-refractivity contribution is 6.42. The molecule has 0 N–H and O–H groups in total. The number of halogens is 2. The van der Waals surface area contributed by atoms with Crippen LogP contribution in [0.1, 0.15) is 20.3 Å². The Morgan fingerprint density at radius 1 is 1.50 bits per heavy atom. The van der Waals surface area contributed by atoms with Gasteiger partial charge in [-0.25, -0.2) is 0 Å². The van der Waals surface area contributed by atoms with Crippen molar-refractivity contribution in [3.05, 3.63) is 16.4 Å². The fraction of sp³-hybridized carbons (Fsp3) is 0.556. The van der Waals surface area contributed by atoms with Gasteiger partial charge in [0.1, 0.15) is 5.02 Å². The second kappa shape index (κ2) is 5.37. The molecule has 1 rings (SSSR count). The molecular formula is C9H12Cl2N2O. The van der Waals surface area contributed by atoms with E-state index in [0.29, 0.717) is 23.3 Å². The second-order valence-electron chi connectivity index (χ2n) is 3.14. The number of rotatable bonds is 4. The van der Waals surface area contributed by atoms with E-state index in [-0.39, 0.29) is 5.15 Å². The van der Waals surface area contributed by atoms with E-state index in [4.69, 9.17) is 27.9 Å². The van der Waals surface area contributed by atoms with E-state index in [1.165, 1.54) is 6.20 Å². The Hall–Kier alpha value is -0.540. The van der Waals surface area contributed by atoms with E-state index < -0.39 is 0 Å². The van der Waals surface area contributed by atoms with Crippen LogP contribution in [-0.4, -0.2) is 16.8 Å². The lowest BCUT2D eigenvalue weighted by molar-refractivity contribution is 0.255. The van der Waals surface area contributed by atoms with Crippen LogP contribution in [0.3, 0.4) is 0 Å². The minimum Gasteiger partial charge on any atom is -0.490 e. The lowest BCUT2D eigenvalue weighted by atomic mass is 10.1. The van der Waals surface area contributed by atoms with Crippen LogP contribution in [0.4, 0.5) is 0 Å². The van der Waals surface area contributed by atoms with Crippen LogP contribution in [-0.2, 0) is 0 Å². The summed E-state index contributed by atoms with van der Waals surface area (Å²) in [4.78, 5) is 0. The molecule has 78 valence electrons. The predicted molar refractivity (Wildman–Crippen MR) is 57.0 cm³/mol. The standard InChI is InChI=1S/C9H12Cl2N2O/c1-3-6(2)5-14-7-4-12-13-9(11)8(7)10/h4,6H,3,5H2,1-2H3/t6-/m0/s1. The van der Waals surface area contributed by atoms with Gasteiger partial charge in [-0.2, -0.15) is 5.10 Å². The zero-order chi connectivity index (χ0) is 10.6. The van der Waals surface area contributed by atoms with Gasteiger partial charge in [-0.05, 0) is 5.92 Å². The molecule has 0 aliphatic carbocycles. The predicted octanol–water partition coefficient (Wildman–Crippen LogP) is 3.21. The van der Waals surface area contributed by atoms with E-state index in [0.717, 1.165) is 6.42 Å². The van der Waals surface area contributed by atoms with E-state index in [1.807, 2.05) is 0 Å². The molecule has 0 aliphatic rings. The lowest BCUT2D eigenvalue weighted by Gasteiger charge is -2.11. The van der Waals surface area contributed by atoms with Gasteiger partial charge in [0, 0.05) is 0 Å². The summed E-state index contributed by atoms with van der Waals surface area (Å²) in [5.41, 5.74) is 0. The monoisotopic (exact) mass is 234 g/mol. The molecule has 0 amide bonds. The molecule has 0 spiro atoms. The lowest BCUT2D eigenvalue weighted by Crippen LogP contribution is -2.08. The molecular weight excluding hydrogens is 223 g/mol. The minimum atomic E-state index is 0.174. The van der Waals surface area contributed by atoms with Gasteiger partial charge in [0.05, 0.1) is 12.8 Å². The first-order chi connectivity index (χ1) is 6.65. The van der Waals surface area contributed by atoms with E-state index >= 15 is 0 Å². The summed E-state index contributed by atoms with van der Waals surface area (Å²) in [5.74, 6) is 0.977. The molecule has 0 bridgehead atoms. The van der Waals surface area contributed by atoms with Crippen LogP contribution < -0.4 is 4.74 Å². The molecule has 0 radical (unpaired) electrons. The maximum atomic E-state index is 5.86. The normalized spacial score (nSPS) is 12.6. The molecule has 0 aromatic carbocycles. The van der Waals surface area contributed by atoms with Gasteiger partial charge in [-0.1, -0.05) is 43.5 Å². The van der Waals surface area contributed by atoms with E-state index in [1.54, 1.807) is 0 Å². The first-order valence-corrected chi connectivity index (χ1v) is 5.20. The van der Waals surface area contributed by atoms with E-state index in [9.17, 15) is 0 Å². The molecule has 3 nitrogen and oxygen atoms in total. The maximum Gasteiger partial charge on any atom is 0.174 e.